The van der Waals surface area contributed by atoms with Gasteiger partial charge in [0.05, 0.1) is 18.0 Å². The van der Waals surface area contributed by atoms with Gasteiger partial charge in [0.25, 0.3) is 0 Å². The van der Waals surface area contributed by atoms with Gasteiger partial charge in [-0.15, -0.1) is 11.3 Å². The summed E-state index contributed by atoms with van der Waals surface area (Å²) in [5, 5.41) is 0. The zero-order valence-electron chi connectivity index (χ0n) is 8.18. The molecule has 0 bridgehead atoms. The summed E-state index contributed by atoms with van der Waals surface area (Å²) in [7, 11) is 0. The van der Waals surface area contributed by atoms with Crippen LogP contribution in [0, 0.1) is 5.82 Å². The number of thiophene rings is 1. The van der Waals surface area contributed by atoms with Crippen molar-refractivity contribution in [3.8, 4) is 0 Å². The molecule has 0 amide bonds. The van der Waals surface area contributed by atoms with Gasteiger partial charge in [-0.25, -0.2) is 4.39 Å². The third-order valence-corrected chi connectivity index (χ3v) is 5.33. The maximum Gasteiger partial charge on any atom is 0.142 e. The first kappa shape index (κ1) is 13.8. The van der Waals surface area contributed by atoms with Crippen molar-refractivity contribution >= 4 is 66.4 Å². The Kier molecular flexibility index (Phi) is 4.53. The maximum absolute atomic E-state index is 13.9. The van der Waals surface area contributed by atoms with Crippen molar-refractivity contribution in [2.75, 3.05) is 0 Å². The fraction of sp³-hybridized carbons (Fsp3) is 0.0909. The van der Waals surface area contributed by atoms with Crippen LogP contribution in [0.15, 0.2) is 28.7 Å². The molecule has 0 saturated carbocycles. The van der Waals surface area contributed by atoms with E-state index < -0.39 is 0 Å². The van der Waals surface area contributed by atoms with Crippen LogP contribution in [-0.4, -0.2) is 0 Å². The van der Waals surface area contributed by atoms with Crippen molar-refractivity contribution in [1.82, 2.24) is 0 Å². The summed E-state index contributed by atoms with van der Waals surface area (Å²) in [6.45, 7) is 0. The average molecular weight is 419 g/mol. The SMILES string of the molecule is Fc1c(Br)cccc1C(Br)c1cc(Cl)sc1Cl. The highest BCUT2D eigenvalue weighted by atomic mass is 79.9. The summed E-state index contributed by atoms with van der Waals surface area (Å²) in [4.78, 5) is -0.309. The Labute approximate surface area is 129 Å². The first-order valence-corrected chi connectivity index (χ1v) is 7.81. The van der Waals surface area contributed by atoms with Crippen molar-refractivity contribution in [2.45, 2.75) is 4.83 Å². The highest BCUT2D eigenvalue weighted by Gasteiger charge is 2.20. The standard InChI is InChI=1S/C11H5Br2Cl2FS/c12-7-3-1-2-5(10(7)16)9(13)6-4-8(14)17-11(6)15/h1-4,9H. The molecule has 0 radical (unpaired) electrons. The Morgan fingerprint density at radius 1 is 1.24 bits per heavy atom. The van der Waals surface area contributed by atoms with E-state index in [0.29, 0.717) is 18.7 Å². The quantitative estimate of drug-likeness (QED) is 0.492. The van der Waals surface area contributed by atoms with Crippen molar-refractivity contribution in [3.05, 3.63) is 54.4 Å². The largest absolute Gasteiger partial charge is 0.205 e. The van der Waals surface area contributed by atoms with Crippen LogP contribution < -0.4 is 0 Å². The number of halogens is 5. The Hall–Kier alpha value is 0.390. The van der Waals surface area contributed by atoms with E-state index in [2.05, 4.69) is 31.9 Å². The molecule has 1 heterocycles. The Morgan fingerprint density at radius 3 is 2.53 bits per heavy atom. The zero-order chi connectivity index (χ0) is 12.6. The lowest BCUT2D eigenvalue weighted by Gasteiger charge is -2.11. The summed E-state index contributed by atoms with van der Waals surface area (Å²) < 4.78 is 15.5. The van der Waals surface area contributed by atoms with E-state index in [4.69, 9.17) is 23.2 Å². The van der Waals surface area contributed by atoms with Crippen molar-refractivity contribution in [3.63, 3.8) is 0 Å². The Bertz CT molecular complexity index is 556. The topological polar surface area (TPSA) is 0 Å². The van der Waals surface area contributed by atoms with Gasteiger partial charge in [-0.2, -0.15) is 0 Å². The molecule has 2 aromatic rings. The monoisotopic (exact) mass is 416 g/mol. The van der Waals surface area contributed by atoms with Gasteiger partial charge in [0.2, 0.25) is 0 Å². The molecule has 1 aromatic carbocycles. The van der Waals surface area contributed by atoms with E-state index in [1.54, 1.807) is 24.3 Å². The molecule has 90 valence electrons. The van der Waals surface area contributed by atoms with Crippen LogP contribution in [0.1, 0.15) is 16.0 Å². The summed E-state index contributed by atoms with van der Waals surface area (Å²) in [6.07, 6.45) is 0. The fourth-order valence-electron chi connectivity index (χ4n) is 1.41. The van der Waals surface area contributed by atoms with Gasteiger partial charge >= 0.3 is 0 Å². The van der Waals surface area contributed by atoms with Crippen LogP contribution in [-0.2, 0) is 0 Å². The molecule has 2 rings (SSSR count). The predicted octanol–water partition coefficient (Wildman–Crippen LogP) is 6.44. The van der Waals surface area contributed by atoms with Gasteiger partial charge in [0.1, 0.15) is 5.82 Å². The first-order valence-electron chi connectivity index (χ1n) is 4.53. The van der Waals surface area contributed by atoms with Gasteiger partial charge in [0.15, 0.2) is 0 Å². The zero-order valence-corrected chi connectivity index (χ0v) is 13.7. The molecule has 1 unspecified atom stereocenters. The van der Waals surface area contributed by atoms with Crippen LogP contribution in [0.5, 0.6) is 0 Å². The minimum atomic E-state index is -0.309. The second kappa shape index (κ2) is 5.57. The molecule has 0 saturated heterocycles. The van der Waals surface area contributed by atoms with Crippen molar-refractivity contribution in [2.24, 2.45) is 0 Å². The molecule has 1 atom stereocenters. The molecule has 0 N–H and O–H groups in total. The lowest BCUT2D eigenvalue weighted by atomic mass is 10.1. The number of benzene rings is 1. The summed E-state index contributed by atoms with van der Waals surface area (Å²) >= 11 is 19.8. The van der Waals surface area contributed by atoms with Crippen molar-refractivity contribution in [1.29, 1.82) is 0 Å². The van der Waals surface area contributed by atoms with Crippen LogP contribution in [0.3, 0.4) is 0 Å². The number of hydrogen-bond donors (Lipinski definition) is 0. The Balaban J connectivity index is 2.47. The van der Waals surface area contributed by atoms with E-state index in [-0.39, 0.29) is 10.6 Å². The van der Waals surface area contributed by atoms with Gasteiger partial charge in [0, 0.05) is 11.1 Å². The van der Waals surface area contributed by atoms with E-state index in [1.165, 1.54) is 11.3 Å². The van der Waals surface area contributed by atoms with E-state index in [9.17, 15) is 4.39 Å². The molecule has 17 heavy (non-hydrogen) atoms. The molecule has 0 aliphatic carbocycles. The lowest BCUT2D eigenvalue weighted by molar-refractivity contribution is 0.607. The lowest BCUT2D eigenvalue weighted by Crippen LogP contribution is -1.96. The summed E-state index contributed by atoms with van der Waals surface area (Å²) in [5.41, 5.74) is 1.30. The molecule has 0 nitrogen and oxygen atoms in total. The predicted molar refractivity (Wildman–Crippen MR) is 79.2 cm³/mol. The van der Waals surface area contributed by atoms with E-state index in [1.807, 2.05) is 0 Å². The normalized spacial score (nSPS) is 12.8. The number of rotatable bonds is 2. The summed E-state index contributed by atoms with van der Waals surface area (Å²) in [5.74, 6) is -0.298. The maximum atomic E-state index is 13.9. The second-order valence-electron chi connectivity index (χ2n) is 3.29. The summed E-state index contributed by atoms with van der Waals surface area (Å²) in [6, 6.07) is 6.88. The smallest absolute Gasteiger partial charge is 0.142 e. The van der Waals surface area contributed by atoms with Gasteiger partial charge < -0.3 is 0 Å². The molecule has 1 aromatic heterocycles. The second-order valence-corrected chi connectivity index (χ2v) is 7.34. The highest BCUT2D eigenvalue weighted by Crippen LogP contribution is 2.42. The number of alkyl halides is 1. The molecular weight excluding hydrogens is 414 g/mol. The molecule has 6 heteroatoms. The average Bonchev–Trinajstić information content (AvgIpc) is 2.61. The van der Waals surface area contributed by atoms with Crippen LogP contribution in [0.2, 0.25) is 8.67 Å². The van der Waals surface area contributed by atoms with Gasteiger partial charge in [-0.3, -0.25) is 0 Å². The molecule has 0 aliphatic rings. The molecular formula is C11H5Br2Cl2FS. The fourth-order valence-corrected chi connectivity index (χ4v) is 4.32. The van der Waals surface area contributed by atoms with Crippen LogP contribution in [0.4, 0.5) is 4.39 Å². The van der Waals surface area contributed by atoms with E-state index >= 15 is 0 Å². The minimum absolute atomic E-state index is 0.298. The minimum Gasteiger partial charge on any atom is -0.205 e. The third-order valence-electron chi connectivity index (χ3n) is 2.21. The van der Waals surface area contributed by atoms with Crippen LogP contribution in [0.25, 0.3) is 0 Å². The van der Waals surface area contributed by atoms with Gasteiger partial charge in [-0.05, 0) is 28.1 Å². The van der Waals surface area contributed by atoms with E-state index in [0.717, 1.165) is 5.56 Å². The highest BCUT2D eigenvalue weighted by molar-refractivity contribution is 9.10. The van der Waals surface area contributed by atoms with Crippen molar-refractivity contribution < 1.29 is 4.39 Å². The van der Waals surface area contributed by atoms with Gasteiger partial charge in [-0.1, -0.05) is 51.3 Å². The number of hydrogen-bond acceptors (Lipinski definition) is 1. The first-order chi connectivity index (χ1) is 8.00. The molecule has 0 fully saturated rings. The molecule has 0 aliphatic heterocycles. The molecule has 0 spiro atoms. The third kappa shape index (κ3) is 2.87. The Morgan fingerprint density at radius 2 is 1.94 bits per heavy atom. The van der Waals surface area contributed by atoms with Crippen LogP contribution >= 0.6 is 66.4 Å².